The summed E-state index contributed by atoms with van der Waals surface area (Å²) >= 11 is 0. The van der Waals surface area contributed by atoms with E-state index in [1.165, 1.54) is 13.3 Å². The molecule has 33 heavy (non-hydrogen) atoms. The van der Waals surface area contributed by atoms with Crippen molar-refractivity contribution in [3.8, 4) is 11.5 Å². The third-order valence-corrected chi connectivity index (χ3v) is 4.85. The number of halogens is 3. The highest BCUT2D eigenvalue weighted by molar-refractivity contribution is 5.99. The van der Waals surface area contributed by atoms with Crippen molar-refractivity contribution in [2.24, 2.45) is 7.05 Å². The molecule has 3 aromatic rings. The molecule has 2 N–H and O–H groups in total. The standard InChI is InChI=1S/C23H22F3N3O4/c1-3-18(30)16-8-9-19(20(21(16)31)23(24,25)26)33-12-15-6-4-14(5-7-15)10-27-22(32)17-11-29(2)13-28-17/h4-9,11,13,31H,3,10,12H2,1-2H3,(H,27,32). The van der Waals surface area contributed by atoms with E-state index in [0.717, 1.165) is 17.7 Å². The third kappa shape index (κ3) is 5.71. The minimum absolute atomic E-state index is 0.0419. The molecule has 0 unspecified atom stereocenters. The lowest BCUT2D eigenvalue weighted by Crippen LogP contribution is -2.23. The van der Waals surface area contributed by atoms with Crippen molar-refractivity contribution >= 4 is 11.7 Å². The van der Waals surface area contributed by atoms with Gasteiger partial charge in [-0.1, -0.05) is 31.2 Å². The summed E-state index contributed by atoms with van der Waals surface area (Å²) in [4.78, 5) is 27.8. The van der Waals surface area contributed by atoms with Gasteiger partial charge >= 0.3 is 6.18 Å². The second-order valence-electron chi connectivity index (χ2n) is 7.32. The quantitative estimate of drug-likeness (QED) is 0.490. The lowest BCUT2D eigenvalue weighted by Gasteiger charge is -2.17. The first kappa shape index (κ1) is 23.8. The van der Waals surface area contributed by atoms with Crippen LogP contribution >= 0.6 is 0 Å². The van der Waals surface area contributed by atoms with Crippen LogP contribution in [0.3, 0.4) is 0 Å². The summed E-state index contributed by atoms with van der Waals surface area (Å²) in [6.45, 7) is 1.55. The van der Waals surface area contributed by atoms with Gasteiger partial charge in [-0.05, 0) is 23.3 Å². The lowest BCUT2D eigenvalue weighted by molar-refractivity contribution is -0.140. The highest BCUT2D eigenvalue weighted by Gasteiger charge is 2.39. The van der Waals surface area contributed by atoms with Gasteiger partial charge in [0, 0.05) is 26.2 Å². The summed E-state index contributed by atoms with van der Waals surface area (Å²) < 4.78 is 47.5. The number of benzene rings is 2. The lowest BCUT2D eigenvalue weighted by atomic mass is 10.0. The Balaban J connectivity index is 1.67. The Morgan fingerprint density at radius 3 is 2.36 bits per heavy atom. The van der Waals surface area contributed by atoms with Crippen LogP contribution in [0.2, 0.25) is 0 Å². The predicted octanol–water partition coefficient (Wildman–Crippen LogP) is 4.25. The largest absolute Gasteiger partial charge is 0.506 e. The number of imidazole rings is 1. The van der Waals surface area contributed by atoms with Gasteiger partial charge in [-0.2, -0.15) is 13.2 Å². The first-order valence-electron chi connectivity index (χ1n) is 10.0. The van der Waals surface area contributed by atoms with Crippen LogP contribution in [0.5, 0.6) is 11.5 Å². The van der Waals surface area contributed by atoms with Crippen LogP contribution in [-0.2, 0) is 26.4 Å². The molecule has 1 heterocycles. The Labute approximate surface area is 187 Å². The molecular weight excluding hydrogens is 439 g/mol. The molecule has 174 valence electrons. The molecule has 0 bridgehead atoms. The van der Waals surface area contributed by atoms with Crippen molar-refractivity contribution in [3.63, 3.8) is 0 Å². The normalized spacial score (nSPS) is 11.3. The van der Waals surface area contributed by atoms with Crippen molar-refractivity contribution in [2.45, 2.75) is 32.7 Å². The number of rotatable bonds is 8. The maximum absolute atomic E-state index is 13.5. The van der Waals surface area contributed by atoms with Gasteiger partial charge < -0.3 is 19.7 Å². The fraction of sp³-hybridized carbons (Fsp3) is 0.261. The highest BCUT2D eigenvalue weighted by Crippen LogP contribution is 2.44. The van der Waals surface area contributed by atoms with Crippen LogP contribution in [0.25, 0.3) is 0 Å². The average Bonchev–Trinajstić information content (AvgIpc) is 3.21. The Morgan fingerprint density at radius 1 is 1.12 bits per heavy atom. The summed E-state index contributed by atoms with van der Waals surface area (Å²) in [6, 6.07) is 8.89. The zero-order valence-corrected chi connectivity index (χ0v) is 17.9. The number of phenolic OH excluding ortho intramolecular Hbond substituents is 1. The molecule has 0 fully saturated rings. The molecular formula is C23H22F3N3O4. The number of nitrogens with zero attached hydrogens (tertiary/aromatic N) is 2. The summed E-state index contributed by atoms with van der Waals surface area (Å²) in [7, 11) is 1.75. The van der Waals surface area contributed by atoms with Crippen molar-refractivity contribution in [1.29, 1.82) is 0 Å². The Morgan fingerprint density at radius 2 is 1.79 bits per heavy atom. The monoisotopic (exact) mass is 461 g/mol. The van der Waals surface area contributed by atoms with Gasteiger partial charge in [0.05, 0.1) is 11.9 Å². The summed E-state index contributed by atoms with van der Waals surface area (Å²) in [5.74, 6) is -2.63. The SMILES string of the molecule is CCC(=O)c1ccc(OCc2ccc(CNC(=O)c3cn(C)cn3)cc2)c(C(F)(F)F)c1O. The topological polar surface area (TPSA) is 93.5 Å². The summed E-state index contributed by atoms with van der Waals surface area (Å²) in [5, 5.41) is 12.8. The van der Waals surface area contributed by atoms with Crippen LogP contribution in [-0.4, -0.2) is 26.3 Å². The van der Waals surface area contributed by atoms with E-state index in [-0.39, 0.29) is 31.2 Å². The van der Waals surface area contributed by atoms with E-state index in [0.29, 0.717) is 5.56 Å². The van der Waals surface area contributed by atoms with E-state index in [1.54, 1.807) is 42.1 Å². The molecule has 0 spiro atoms. The maximum Gasteiger partial charge on any atom is 0.423 e. The molecule has 1 amide bonds. The number of nitrogens with one attached hydrogen (secondary N) is 1. The van der Waals surface area contributed by atoms with Crippen molar-refractivity contribution < 1.29 is 32.6 Å². The number of hydrogen-bond donors (Lipinski definition) is 2. The fourth-order valence-corrected chi connectivity index (χ4v) is 3.10. The van der Waals surface area contributed by atoms with Crippen molar-refractivity contribution in [2.75, 3.05) is 0 Å². The number of aromatic nitrogens is 2. The van der Waals surface area contributed by atoms with Gasteiger partial charge in [0.15, 0.2) is 5.78 Å². The zero-order valence-electron chi connectivity index (χ0n) is 17.9. The minimum Gasteiger partial charge on any atom is -0.506 e. The van der Waals surface area contributed by atoms with Gasteiger partial charge in [-0.15, -0.1) is 0 Å². The van der Waals surface area contributed by atoms with Gasteiger partial charge in [0.2, 0.25) is 0 Å². The second-order valence-corrected chi connectivity index (χ2v) is 7.32. The Hall–Kier alpha value is -3.82. The molecule has 10 heteroatoms. The molecule has 7 nitrogen and oxygen atoms in total. The van der Waals surface area contributed by atoms with E-state index in [2.05, 4.69) is 10.3 Å². The predicted molar refractivity (Wildman–Crippen MR) is 113 cm³/mol. The number of hydrogen-bond acceptors (Lipinski definition) is 5. The number of amides is 1. The van der Waals surface area contributed by atoms with Gasteiger partial charge in [-0.3, -0.25) is 9.59 Å². The fourth-order valence-electron chi connectivity index (χ4n) is 3.10. The molecule has 3 rings (SSSR count). The first-order chi connectivity index (χ1) is 15.6. The molecule has 0 atom stereocenters. The van der Waals surface area contributed by atoms with E-state index in [4.69, 9.17) is 4.74 Å². The van der Waals surface area contributed by atoms with E-state index >= 15 is 0 Å². The van der Waals surface area contributed by atoms with Gasteiger partial charge in [-0.25, -0.2) is 4.98 Å². The smallest absolute Gasteiger partial charge is 0.423 e. The number of aromatic hydroxyl groups is 1. The number of carbonyl (C=O) groups is 2. The molecule has 0 saturated carbocycles. The molecule has 0 aliphatic carbocycles. The molecule has 0 aliphatic heterocycles. The number of Topliss-reactive ketones (excluding diaryl/α,β-unsaturated/α-hetero) is 1. The van der Waals surface area contributed by atoms with Crippen LogP contribution in [0, 0.1) is 0 Å². The van der Waals surface area contributed by atoms with Gasteiger partial charge in [0.25, 0.3) is 5.91 Å². The average molecular weight is 461 g/mol. The van der Waals surface area contributed by atoms with E-state index < -0.39 is 34.6 Å². The summed E-state index contributed by atoms with van der Waals surface area (Å²) in [6.07, 6.45) is -1.84. The molecule has 0 saturated heterocycles. The number of alkyl halides is 3. The Kier molecular flexibility index (Phi) is 7.05. The zero-order chi connectivity index (χ0) is 24.2. The maximum atomic E-state index is 13.5. The van der Waals surface area contributed by atoms with E-state index in [1.807, 2.05) is 0 Å². The second kappa shape index (κ2) is 9.76. The Bertz CT molecular complexity index is 1150. The third-order valence-electron chi connectivity index (χ3n) is 4.85. The number of ether oxygens (including phenoxy) is 1. The molecule has 0 aliphatic rings. The number of ketones is 1. The van der Waals surface area contributed by atoms with Crippen LogP contribution < -0.4 is 10.1 Å². The summed E-state index contributed by atoms with van der Waals surface area (Å²) in [5.41, 5.74) is -0.127. The molecule has 2 aromatic carbocycles. The number of aryl methyl sites for hydroxylation is 1. The van der Waals surface area contributed by atoms with Crippen LogP contribution in [0.1, 0.15) is 50.9 Å². The van der Waals surface area contributed by atoms with Crippen molar-refractivity contribution in [3.05, 3.63) is 76.9 Å². The van der Waals surface area contributed by atoms with Gasteiger partial charge in [0.1, 0.15) is 29.4 Å². The highest BCUT2D eigenvalue weighted by atomic mass is 19.4. The minimum atomic E-state index is -4.90. The van der Waals surface area contributed by atoms with Crippen LogP contribution in [0.15, 0.2) is 48.9 Å². The van der Waals surface area contributed by atoms with E-state index in [9.17, 15) is 27.9 Å². The van der Waals surface area contributed by atoms with Crippen molar-refractivity contribution in [1.82, 2.24) is 14.9 Å². The first-order valence-corrected chi connectivity index (χ1v) is 10.0. The molecule has 1 aromatic heterocycles. The number of phenols is 1. The van der Waals surface area contributed by atoms with Crippen LogP contribution in [0.4, 0.5) is 13.2 Å². The molecule has 0 radical (unpaired) electrons. The number of carbonyl (C=O) groups excluding carboxylic acids is 2.